The quantitative estimate of drug-likeness (QED) is 0.788. The number of thiophene rings is 1. The highest BCUT2D eigenvalue weighted by Crippen LogP contribution is 2.24. The number of hydrogen-bond donors (Lipinski definition) is 2. The minimum Gasteiger partial charge on any atom is -0.481 e. The number of carbonyl (C=O) groups is 1. The van der Waals surface area contributed by atoms with Crippen molar-refractivity contribution >= 4 is 17.3 Å². The lowest BCUT2D eigenvalue weighted by atomic mass is 9.98. The topological polar surface area (TPSA) is 63.3 Å². The van der Waals surface area contributed by atoms with Gasteiger partial charge in [0, 0.05) is 17.3 Å². The number of carboxylic acids is 1. The second kappa shape index (κ2) is 5.12. The Morgan fingerprint density at radius 3 is 2.93 bits per heavy atom. The fourth-order valence-electron chi connectivity index (χ4n) is 1.43. The van der Waals surface area contributed by atoms with Crippen LogP contribution in [-0.4, -0.2) is 11.1 Å². The van der Waals surface area contributed by atoms with Gasteiger partial charge in [-0.3, -0.25) is 4.79 Å². The number of carboxylic acid groups (broad SMARTS) is 1. The summed E-state index contributed by atoms with van der Waals surface area (Å²) in [6.07, 6.45) is 0.923. The van der Waals surface area contributed by atoms with Crippen LogP contribution in [0.15, 0.2) is 17.5 Å². The Morgan fingerprint density at radius 1 is 1.71 bits per heavy atom. The van der Waals surface area contributed by atoms with Crippen molar-refractivity contribution in [1.29, 1.82) is 0 Å². The van der Waals surface area contributed by atoms with Gasteiger partial charge in [-0.2, -0.15) is 0 Å². The van der Waals surface area contributed by atoms with E-state index in [1.54, 1.807) is 11.3 Å². The first-order valence-corrected chi connectivity index (χ1v) is 5.48. The third kappa shape index (κ3) is 3.47. The zero-order chi connectivity index (χ0) is 10.6. The van der Waals surface area contributed by atoms with Crippen LogP contribution in [0.2, 0.25) is 0 Å². The van der Waals surface area contributed by atoms with Gasteiger partial charge in [0.2, 0.25) is 0 Å². The van der Waals surface area contributed by atoms with Crippen LogP contribution in [0.3, 0.4) is 0 Å². The Hall–Kier alpha value is -0.870. The van der Waals surface area contributed by atoms with Crippen LogP contribution in [-0.2, 0) is 4.79 Å². The molecule has 0 spiro atoms. The minimum atomic E-state index is -0.754. The molecule has 0 aliphatic rings. The summed E-state index contributed by atoms with van der Waals surface area (Å²) in [7, 11) is 0. The van der Waals surface area contributed by atoms with Gasteiger partial charge in [0.05, 0.1) is 0 Å². The molecule has 1 heterocycles. The van der Waals surface area contributed by atoms with E-state index in [0.29, 0.717) is 0 Å². The first-order chi connectivity index (χ1) is 6.59. The maximum Gasteiger partial charge on any atom is 0.303 e. The SMILES string of the molecule is CC(CC(=O)O)CC(N)c1cccs1. The van der Waals surface area contributed by atoms with E-state index in [4.69, 9.17) is 10.8 Å². The summed E-state index contributed by atoms with van der Waals surface area (Å²) in [5, 5.41) is 10.6. The molecule has 78 valence electrons. The maximum atomic E-state index is 10.4. The summed E-state index contributed by atoms with van der Waals surface area (Å²) in [5.41, 5.74) is 5.93. The summed E-state index contributed by atoms with van der Waals surface area (Å²) in [6, 6.07) is 3.93. The van der Waals surface area contributed by atoms with Crippen LogP contribution in [0.1, 0.15) is 30.7 Å². The van der Waals surface area contributed by atoms with Gasteiger partial charge >= 0.3 is 5.97 Å². The normalized spacial score (nSPS) is 15.0. The van der Waals surface area contributed by atoms with Gasteiger partial charge < -0.3 is 10.8 Å². The molecule has 0 bridgehead atoms. The van der Waals surface area contributed by atoms with E-state index in [1.807, 2.05) is 24.4 Å². The largest absolute Gasteiger partial charge is 0.481 e. The van der Waals surface area contributed by atoms with Crippen molar-refractivity contribution in [2.75, 3.05) is 0 Å². The van der Waals surface area contributed by atoms with Crippen molar-refractivity contribution < 1.29 is 9.90 Å². The summed E-state index contributed by atoms with van der Waals surface area (Å²) < 4.78 is 0. The zero-order valence-corrected chi connectivity index (χ0v) is 8.96. The monoisotopic (exact) mass is 213 g/mol. The Bertz CT molecular complexity index is 284. The highest BCUT2D eigenvalue weighted by Gasteiger charge is 2.14. The molecule has 1 rings (SSSR count). The van der Waals surface area contributed by atoms with Crippen molar-refractivity contribution in [2.45, 2.75) is 25.8 Å². The lowest BCUT2D eigenvalue weighted by Crippen LogP contribution is -2.14. The Kier molecular flexibility index (Phi) is 4.10. The van der Waals surface area contributed by atoms with Crippen LogP contribution in [0.4, 0.5) is 0 Å². The molecular weight excluding hydrogens is 198 g/mol. The van der Waals surface area contributed by atoms with Crippen molar-refractivity contribution in [1.82, 2.24) is 0 Å². The Morgan fingerprint density at radius 2 is 2.43 bits per heavy atom. The molecule has 0 saturated carbocycles. The van der Waals surface area contributed by atoms with Crippen molar-refractivity contribution in [2.24, 2.45) is 11.7 Å². The van der Waals surface area contributed by atoms with E-state index in [9.17, 15) is 4.79 Å². The van der Waals surface area contributed by atoms with Crippen molar-refractivity contribution in [3.63, 3.8) is 0 Å². The highest BCUT2D eigenvalue weighted by molar-refractivity contribution is 7.10. The summed E-state index contributed by atoms with van der Waals surface area (Å²) in [5.74, 6) is -0.625. The molecular formula is C10H15NO2S. The first-order valence-electron chi connectivity index (χ1n) is 4.60. The molecule has 14 heavy (non-hydrogen) atoms. The Balaban J connectivity index is 2.41. The summed E-state index contributed by atoms with van der Waals surface area (Å²) in [4.78, 5) is 11.6. The minimum absolute atomic E-state index is 0.0238. The molecule has 0 fully saturated rings. The zero-order valence-electron chi connectivity index (χ0n) is 8.14. The van der Waals surface area contributed by atoms with Crippen molar-refractivity contribution in [3.8, 4) is 0 Å². The van der Waals surface area contributed by atoms with Gasteiger partial charge in [0.25, 0.3) is 0 Å². The summed E-state index contributed by atoms with van der Waals surface area (Å²) >= 11 is 1.62. The van der Waals surface area contributed by atoms with Gasteiger partial charge in [-0.1, -0.05) is 13.0 Å². The average Bonchev–Trinajstić information content (AvgIpc) is 2.53. The van der Waals surface area contributed by atoms with Crippen molar-refractivity contribution in [3.05, 3.63) is 22.4 Å². The molecule has 0 saturated heterocycles. The predicted molar refractivity (Wildman–Crippen MR) is 57.3 cm³/mol. The number of rotatable bonds is 5. The second-order valence-corrected chi connectivity index (χ2v) is 4.54. The van der Waals surface area contributed by atoms with Gasteiger partial charge in [-0.15, -0.1) is 11.3 Å². The predicted octanol–water partition coefficient (Wildman–Crippen LogP) is 2.25. The van der Waals surface area contributed by atoms with Gasteiger partial charge in [-0.05, 0) is 23.8 Å². The molecule has 0 aliphatic carbocycles. The first kappa shape index (κ1) is 11.2. The fourth-order valence-corrected chi connectivity index (χ4v) is 2.18. The molecule has 2 atom stereocenters. The van der Waals surface area contributed by atoms with Crippen LogP contribution in [0.5, 0.6) is 0 Å². The standard InChI is InChI=1S/C10H15NO2S/c1-7(6-10(12)13)5-8(11)9-3-2-4-14-9/h2-4,7-8H,5-6,11H2,1H3,(H,12,13). The lowest BCUT2D eigenvalue weighted by Gasteiger charge is -2.14. The highest BCUT2D eigenvalue weighted by atomic mass is 32.1. The molecule has 3 N–H and O–H groups in total. The van der Waals surface area contributed by atoms with Crippen LogP contribution < -0.4 is 5.73 Å². The van der Waals surface area contributed by atoms with E-state index in [0.717, 1.165) is 11.3 Å². The van der Waals surface area contributed by atoms with E-state index in [-0.39, 0.29) is 18.4 Å². The summed E-state index contributed by atoms with van der Waals surface area (Å²) in [6.45, 7) is 1.92. The Labute approximate surface area is 87.6 Å². The molecule has 3 nitrogen and oxygen atoms in total. The molecule has 0 aromatic carbocycles. The van der Waals surface area contributed by atoms with E-state index >= 15 is 0 Å². The fraction of sp³-hybridized carbons (Fsp3) is 0.500. The van der Waals surface area contributed by atoms with E-state index in [2.05, 4.69) is 0 Å². The molecule has 0 aliphatic heterocycles. The average molecular weight is 213 g/mol. The molecule has 2 unspecified atom stereocenters. The lowest BCUT2D eigenvalue weighted by molar-refractivity contribution is -0.138. The maximum absolute atomic E-state index is 10.4. The van der Waals surface area contributed by atoms with Gasteiger partial charge in [0.1, 0.15) is 0 Å². The third-order valence-electron chi connectivity index (χ3n) is 2.09. The van der Waals surface area contributed by atoms with Gasteiger partial charge in [0.15, 0.2) is 0 Å². The van der Waals surface area contributed by atoms with Crippen LogP contribution >= 0.6 is 11.3 Å². The third-order valence-corrected chi connectivity index (χ3v) is 3.09. The molecule has 0 radical (unpaired) electrons. The molecule has 1 aromatic rings. The molecule has 0 amide bonds. The van der Waals surface area contributed by atoms with E-state index in [1.165, 1.54) is 0 Å². The number of aliphatic carboxylic acids is 1. The smallest absolute Gasteiger partial charge is 0.303 e. The number of hydrogen-bond acceptors (Lipinski definition) is 3. The number of nitrogens with two attached hydrogens (primary N) is 1. The van der Waals surface area contributed by atoms with E-state index < -0.39 is 5.97 Å². The molecule has 4 heteroatoms. The van der Waals surface area contributed by atoms with Gasteiger partial charge in [-0.25, -0.2) is 0 Å². The second-order valence-electron chi connectivity index (χ2n) is 3.56. The molecule has 1 aromatic heterocycles. The van der Waals surface area contributed by atoms with Crippen LogP contribution in [0, 0.1) is 5.92 Å². The van der Waals surface area contributed by atoms with Crippen LogP contribution in [0.25, 0.3) is 0 Å².